The third kappa shape index (κ3) is 2.86. The number of hydrogen-bond acceptors (Lipinski definition) is 4. The van der Waals surface area contributed by atoms with Crippen LogP contribution >= 0.6 is 11.6 Å². The van der Waals surface area contributed by atoms with Crippen molar-refractivity contribution in [3.05, 3.63) is 41.6 Å². The predicted molar refractivity (Wildman–Crippen MR) is 75.6 cm³/mol. The van der Waals surface area contributed by atoms with E-state index in [2.05, 4.69) is 9.97 Å². The smallest absolute Gasteiger partial charge is 0.253 e. The molecule has 0 radical (unpaired) electrons. The second kappa shape index (κ2) is 5.75. The zero-order valence-electron chi connectivity index (χ0n) is 10.9. The lowest BCUT2D eigenvalue weighted by atomic mass is 10.1. The molecule has 1 fully saturated rings. The van der Waals surface area contributed by atoms with Crippen molar-refractivity contribution >= 4 is 23.2 Å². The second-order valence-corrected chi connectivity index (χ2v) is 4.82. The van der Waals surface area contributed by atoms with E-state index >= 15 is 0 Å². The predicted octanol–water partition coefficient (Wildman–Crippen LogP) is 2.30. The van der Waals surface area contributed by atoms with Gasteiger partial charge in [-0.25, -0.2) is 14.4 Å². The number of anilines is 1. The molecular formula is C14H11ClFN3O2. The van der Waals surface area contributed by atoms with Crippen molar-refractivity contribution in [3.63, 3.8) is 0 Å². The normalized spacial score (nSPS) is 15.3. The molecule has 0 bridgehead atoms. The van der Waals surface area contributed by atoms with Crippen LogP contribution in [0.1, 0.15) is 0 Å². The summed E-state index contributed by atoms with van der Waals surface area (Å²) in [6.07, 6.45) is 1.03. The molecule has 108 valence electrons. The van der Waals surface area contributed by atoms with Gasteiger partial charge in [0.05, 0.1) is 12.8 Å². The molecule has 7 heteroatoms. The molecule has 1 aromatic heterocycles. The van der Waals surface area contributed by atoms with Gasteiger partial charge < -0.3 is 9.64 Å². The van der Waals surface area contributed by atoms with Crippen molar-refractivity contribution in [1.82, 2.24) is 9.97 Å². The fourth-order valence-corrected chi connectivity index (χ4v) is 2.29. The lowest BCUT2D eigenvalue weighted by molar-refractivity contribution is -0.125. The lowest BCUT2D eigenvalue weighted by Gasteiger charge is -2.27. The van der Waals surface area contributed by atoms with Gasteiger partial charge in [0, 0.05) is 17.8 Å². The van der Waals surface area contributed by atoms with Crippen LogP contribution in [-0.4, -0.2) is 35.6 Å². The monoisotopic (exact) mass is 307 g/mol. The quantitative estimate of drug-likeness (QED) is 0.799. The zero-order valence-corrected chi connectivity index (χ0v) is 11.7. The van der Waals surface area contributed by atoms with Crippen LogP contribution in [0, 0.1) is 5.82 Å². The molecule has 21 heavy (non-hydrogen) atoms. The Kier molecular flexibility index (Phi) is 3.81. The molecule has 0 spiro atoms. The molecule has 0 unspecified atom stereocenters. The van der Waals surface area contributed by atoms with Crippen LogP contribution in [-0.2, 0) is 9.53 Å². The van der Waals surface area contributed by atoms with Gasteiger partial charge in [-0.15, -0.1) is 0 Å². The average Bonchev–Trinajstić information content (AvgIpc) is 2.50. The van der Waals surface area contributed by atoms with E-state index in [0.717, 1.165) is 6.20 Å². The molecule has 1 amide bonds. The number of benzene rings is 1. The number of ether oxygens (including phenoxy) is 1. The highest BCUT2D eigenvalue weighted by molar-refractivity contribution is 6.28. The number of morpholine rings is 1. The average molecular weight is 308 g/mol. The summed E-state index contributed by atoms with van der Waals surface area (Å²) < 4.78 is 18.9. The molecule has 5 nitrogen and oxygen atoms in total. The van der Waals surface area contributed by atoms with Crippen LogP contribution in [0.25, 0.3) is 11.3 Å². The summed E-state index contributed by atoms with van der Waals surface area (Å²) in [4.78, 5) is 20.9. The summed E-state index contributed by atoms with van der Waals surface area (Å²) in [5.41, 5.74) is 1.32. The fourth-order valence-electron chi connectivity index (χ4n) is 2.16. The lowest BCUT2D eigenvalue weighted by Crippen LogP contribution is -2.41. The first-order valence-corrected chi connectivity index (χ1v) is 6.69. The van der Waals surface area contributed by atoms with Gasteiger partial charge in [-0.2, -0.15) is 0 Å². The molecule has 2 aromatic rings. The summed E-state index contributed by atoms with van der Waals surface area (Å²) in [6.45, 7) is 0.997. The molecule has 1 aliphatic rings. The Hall–Kier alpha value is -2.05. The molecular weight excluding hydrogens is 297 g/mol. The molecule has 1 aromatic carbocycles. The van der Waals surface area contributed by atoms with E-state index in [1.165, 1.54) is 0 Å². The maximum Gasteiger partial charge on any atom is 0.253 e. The van der Waals surface area contributed by atoms with Gasteiger partial charge >= 0.3 is 0 Å². The summed E-state index contributed by atoms with van der Waals surface area (Å²) in [5.74, 6) is -0.690. The van der Waals surface area contributed by atoms with Crippen LogP contribution < -0.4 is 4.90 Å². The zero-order chi connectivity index (χ0) is 14.8. The van der Waals surface area contributed by atoms with Crippen molar-refractivity contribution in [2.75, 3.05) is 24.7 Å². The number of hydrogen-bond donors (Lipinski definition) is 0. The van der Waals surface area contributed by atoms with Gasteiger partial charge in [0.15, 0.2) is 5.82 Å². The number of rotatable bonds is 2. The van der Waals surface area contributed by atoms with Gasteiger partial charge in [0.1, 0.15) is 12.3 Å². The minimum absolute atomic E-state index is 0.0285. The molecule has 1 saturated heterocycles. The third-order valence-corrected chi connectivity index (χ3v) is 3.31. The third-order valence-electron chi connectivity index (χ3n) is 3.13. The van der Waals surface area contributed by atoms with Crippen LogP contribution in [0.15, 0.2) is 30.5 Å². The van der Waals surface area contributed by atoms with E-state index in [1.54, 1.807) is 29.2 Å². The highest BCUT2D eigenvalue weighted by Gasteiger charge is 2.21. The summed E-state index contributed by atoms with van der Waals surface area (Å²) in [5, 5.41) is -0.0285. The fraction of sp³-hybridized carbons (Fsp3) is 0.214. The summed E-state index contributed by atoms with van der Waals surface area (Å²) in [7, 11) is 0. The standard InChI is InChI=1S/C14H11ClFN3O2/c15-14-17-7-11(16)13(18-14)9-2-1-3-10(6-9)19-4-5-21-8-12(19)20/h1-3,6-7H,4-5,8H2. The Morgan fingerprint density at radius 1 is 1.38 bits per heavy atom. The molecule has 2 heterocycles. The summed E-state index contributed by atoms with van der Waals surface area (Å²) in [6, 6.07) is 6.93. The van der Waals surface area contributed by atoms with Gasteiger partial charge in [0.2, 0.25) is 5.28 Å². The highest BCUT2D eigenvalue weighted by Crippen LogP contribution is 2.26. The first-order chi connectivity index (χ1) is 10.1. The largest absolute Gasteiger partial charge is 0.370 e. The van der Waals surface area contributed by atoms with E-state index in [4.69, 9.17) is 16.3 Å². The number of halogens is 2. The van der Waals surface area contributed by atoms with Crippen LogP contribution in [0.3, 0.4) is 0 Å². The van der Waals surface area contributed by atoms with Crippen LogP contribution in [0.5, 0.6) is 0 Å². The maximum absolute atomic E-state index is 13.8. The van der Waals surface area contributed by atoms with E-state index in [-0.39, 0.29) is 23.5 Å². The first-order valence-electron chi connectivity index (χ1n) is 6.32. The number of carbonyl (C=O) groups excluding carboxylic acids is 1. The number of nitrogens with zero attached hydrogens (tertiary/aromatic N) is 3. The van der Waals surface area contributed by atoms with E-state index in [0.29, 0.717) is 24.4 Å². The molecule has 0 atom stereocenters. The number of amides is 1. The van der Waals surface area contributed by atoms with Gasteiger partial charge in [-0.3, -0.25) is 4.79 Å². The van der Waals surface area contributed by atoms with Crippen LogP contribution in [0.2, 0.25) is 5.28 Å². The van der Waals surface area contributed by atoms with Crippen molar-refractivity contribution in [2.24, 2.45) is 0 Å². The maximum atomic E-state index is 13.8. The first kappa shape index (κ1) is 13.9. The Labute approximate surface area is 125 Å². The van der Waals surface area contributed by atoms with Crippen molar-refractivity contribution in [2.45, 2.75) is 0 Å². The van der Waals surface area contributed by atoms with Crippen molar-refractivity contribution in [1.29, 1.82) is 0 Å². The Morgan fingerprint density at radius 2 is 2.24 bits per heavy atom. The minimum atomic E-state index is -0.565. The number of carbonyl (C=O) groups is 1. The Bertz CT molecular complexity index is 696. The summed E-state index contributed by atoms with van der Waals surface area (Å²) >= 11 is 5.71. The molecule has 0 N–H and O–H groups in total. The minimum Gasteiger partial charge on any atom is -0.370 e. The molecule has 3 rings (SSSR count). The van der Waals surface area contributed by atoms with E-state index in [1.807, 2.05) is 0 Å². The molecule has 0 aliphatic carbocycles. The van der Waals surface area contributed by atoms with Crippen molar-refractivity contribution in [3.8, 4) is 11.3 Å². The van der Waals surface area contributed by atoms with Crippen LogP contribution in [0.4, 0.5) is 10.1 Å². The van der Waals surface area contributed by atoms with E-state index in [9.17, 15) is 9.18 Å². The SMILES string of the molecule is O=C1COCCN1c1cccc(-c2nc(Cl)ncc2F)c1. The second-order valence-electron chi connectivity index (χ2n) is 4.48. The van der Waals surface area contributed by atoms with E-state index < -0.39 is 5.82 Å². The number of aromatic nitrogens is 2. The van der Waals surface area contributed by atoms with Gasteiger partial charge in [0.25, 0.3) is 5.91 Å². The highest BCUT2D eigenvalue weighted by atomic mass is 35.5. The van der Waals surface area contributed by atoms with Crippen molar-refractivity contribution < 1.29 is 13.9 Å². The Balaban J connectivity index is 2.00. The van der Waals surface area contributed by atoms with Gasteiger partial charge in [-0.05, 0) is 23.7 Å². The van der Waals surface area contributed by atoms with Gasteiger partial charge in [-0.1, -0.05) is 12.1 Å². The molecule has 1 aliphatic heterocycles. The Morgan fingerprint density at radius 3 is 3.05 bits per heavy atom. The molecule has 0 saturated carbocycles. The topological polar surface area (TPSA) is 55.3 Å².